The Balaban J connectivity index is 1.81. The summed E-state index contributed by atoms with van der Waals surface area (Å²) >= 11 is 12.5. The first-order valence-electron chi connectivity index (χ1n) is 6.53. The predicted octanol–water partition coefficient (Wildman–Crippen LogP) is 3.26. The highest BCUT2D eigenvalue weighted by Crippen LogP contribution is 2.25. The fourth-order valence-electron chi connectivity index (χ4n) is 1.90. The first-order valence-corrected chi connectivity index (χ1v) is 8.10. The molecule has 0 radical (unpaired) electrons. The maximum absolute atomic E-state index is 13.4. The Labute approximate surface area is 148 Å². The molecule has 0 aliphatic rings. The van der Waals surface area contributed by atoms with Gasteiger partial charge in [-0.25, -0.2) is 14.2 Å². The summed E-state index contributed by atoms with van der Waals surface area (Å²) < 4.78 is 19.6. The first-order chi connectivity index (χ1) is 11.3. The fraction of sp³-hybridized carbons (Fsp3) is 0.143. The number of fused-ring (bicyclic) bond motifs is 1. The van der Waals surface area contributed by atoms with Gasteiger partial charge in [0.2, 0.25) is 4.96 Å². The molecule has 0 saturated heterocycles. The Hall–Kier alpha value is -2.03. The lowest BCUT2D eigenvalue weighted by Crippen LogP contribution is -2.14. The van der Waals surface area contributed by atoms with E-state index in [1.54, 1.807) is 6.92 Å². The zero-order chi connectivity index (χ0) is 17.4. The molecule has 1 aromatic carbocycles. The van der Waals surface area contributed by atoms with Gasteiger partial charge in [0, 0.05) is 11.8 Å². The lowest BCUT2D eigenvalue weighted by atomic mass is 10.2. The first kappa shape index (κ1) is 16.8. The molecule has 24 heavy (non-hydrogen) atoms. The molecular formula is C14H8Cl2FN3O3S. The summed E-state index contributed by atoms with van der Waals surface area (Å²) in [6, 6.07) is 3.37. The van der Waals surface area contributed by atoms with E-state index in [0.717, 1.165) is 28.0 Å². The van der Waals surface area contributed by atoms with Gasteiger partial charge in [0.15, 0.2) is 5.01 Å². The van der Waals surface area contributed by atoms with Crippen LogP contribution in [0, 0.1) is 12.7 Å². The monoisotopic (exact) mass is 387 g/mol. The Kier molecular flexibility index (Phi) is 4.53. The zero-order valence-electron chi connectivity index (χ0n) is 12.0. The van der Waals surface area contributed by atoms with Gasteiger partial charge in [0.1, 0.15) is 12.4 Å². The molecule has 2 heterocycles. The van der Waals surface area contributed by atoms with E-state index in [4.69, 9.17) is 27.9 Å². The Morgan fingerprint density at radius 3 is 2.83 bits per heavy atom. The maximum atomic E-state index is 13.4. The van der Waals surface area contributed by atoms with E-state index >= 15 is 0 Å². The van der Waals surface area contributed by atoms with Crippen molar-refractivity contribution >= 4 is 45.5 Å². The molecule has 0 amide bonds. The van der Waals surface area contributed by atoms with Gasteiger partial charge < -0.3 is 4.74 Å². The van der Waals surface area contributed by atoms with Crippen molar-refractivity contribution in [3.05, 3.63) is 60.7 Å². The van der Waals surface area contributed by atoms with E-state index in [1.807, 2.05) is 0 Å². The molecule has 0 fully saturated rings. The van der Waals surface area contributed by atoms with Gasteiger partial charge in [-0.15, -0.1) is 0 Å². The number of hydrogen-bond donors (Lipinski definition) is 0. The number of ether oxygens (including phenoxy) is 1. The number of esters is 1. The van der Waals surface area contributed by atoms with Gasteiger partial charge in [-0.05, 0) is 19.1 Å². The number of carbonyl (C=O) groups is 1. The maximum Gasteiger partial charge on any atom is 0.340 e. The summed E-state index contributed by atoms with van der Waals surface area (Å²) in [5, 5.41) is 4.18. The highest BCUT2D eigenvalue weighted by atomic mass is 35.5. The fourth-order valence-corrected chi connectivity index (χ4v) is 3.22. The van der Waals surface area contributed by atoms with E-state index in [9.17, 15) is 14.0 Å². The second kappa shape index (κ2) is 6.46. The third-order valence-electron chi connectivity index (χ3n) is 2.97. The van der Waals surface area contributed by atoms with Gasteiger partial charge in [-0.2, -0.15) is 9.61 Å². The number of benzene rings is 1. The van der Waals surface area contributed by atoms with Crippen molar-refractivity contribution in [1.82, 2.24) is 14.6 Å². The molecular weight excluding hydrogens is 380 g/mol. The molecule has 2 aromatic heterocycles. The van der Waals surface area contributed by atoms with Gasteiger partial charge in [-0.1, -0.05) is 34.5 Å². The van der Waals surface area contributed by atoms with E-state index in [2.05, 4.69) is 10.1 Å². The number of rotatable bonds is 3. The van der Waals surface area contributed by atoms with Gasteiger partial charge >= 0.3 is 5.97 Å². The molecule has 0 spiro atoms. The van der Waals surface area contributed by atoms with Crippen LogP contribution in [-0.4, -0.2) is 20.6 Å². The van der Waals surface area contributed by atoms with E-state index < -0.39 is 11.8 Å². The molecule has 0 aliphatic heterocycles. The largest absolute Gasteiger partial charge is 0.455 e. The molecule has 0 saturated carbocycles. The summed E-state index contributed by atoms with van der Waals surface area (Å²) in [6.07, 6.45) is 0. The van der Waals surface area contributed by atoms with Crippen LogP contribution in [0.5, 0.6) is 0 Å². The van der Waals surface area contributed by atoms with Crippen LogP contribution in [0.2, 0.25) is 10.0 Å². The topological polar surface area (TPSA) is 73.6 Å². The van der Waals surface area contributed by atoms with E-state index in [1.165, 1.54) is 6.07 Å². The van der Waals surface area contributed by atoms with Gasteiger partial charge in [-0.3, -0.25) is 4.79 Å². The molecule has 0 N–H and O–H groups in total. The van der Waals surface area contributed by atoms with Crippen molar-refractivity contribution in [3.63, 3.8) is 0 Å². The summed E-state index contributed by atoms with van der Waals surface area (Å²) in [6.45, 7) is 1.49. The summed E-state index contributed by atoms with van der Waals surface area (Å²) in [5.41, 5.74) is 0.0931. The van der Waals surface area contributed by atoms with Crippen LogP contribution in [0.15, 0.2) is 23.0 Å². The number of aromatic nitrogens is 3. The van der Waals surface area contributed by atoms with Crippen LogP contribution >= 0.6 is 34.5 Å². The predicted molar refractivity (Wildman–Crippen MR) is 87.4 cm³/mol. The lowest BCUT2D eigenvalue weighted by Gasteiger charge is -2.05. The number of aryl methyl sites for hydroxylation is 1. The smallest absolute Gasteiger partial charge is 0.340 e. The molecule has 10 heteroatoms. The van der Waals surface area contributed by atoms with Crippen LogP contribution in [0.1, 0.15) is 21.1 Å². The lowest BCUT2D eigenvalue weighted by molar-refractivity contribution is 0.0471. The average molecular weight is 388 g/mol. The Bertz CT molecular complexity index is 1020. The van der Waals surface area contributed by atoms with Crippen molar-refractivity contribution < 1.29 is 13.9 Å². The minimum Gasteiger partial charge on any atom is -0.455 e. The second-order valence-corrected chi connectivity index (χ2v) is 6.60. The molecule has 0 unspecified atom stereocenters. The normalized spacial score (nSPS) is 11.0. The van der Waals surface area contributed by atoms with Gasteiger partial charge in [0.05, 0.1) is 15.6 Å². The number of carbonyl (C=O) groups excluding carboxylic acids is 1. The Morgan fingerprint density at radius 1 is 1.33 bits per heavy atom. The van der Waals surface area contributed by atoms with Crippen LogP contribution in [0.25, 0.3) is 4.96 Å². The standard InChI is InChI=1S/C14H8Cl2FN3O3S/c1-6-2-12(21)20-14(18-6)24-11(19-20)5-23-13(22)7-3-10(17)9(16)4-8(7)15/h2-4H,5H2,1H3. The van der Waals surface area contributed by atoms with Crippen LogP contribution < -0.4 is 5.56 Å². The number of nitrogens with zero attached hydrogens (tertiary/aromatic N) is 3. The van der Waals surface area contributed by atoms with Crippen molar-refractivity contribution in [2.24, 2.45) is 0 Å². The average Bonchev–Trinajstić information content (AvgIpc) is 2.91. The molecule has 3 aromatic rings. The second-order valence-electron chi connectivity index (χ2n) is 4.75. The van der Waals surface area contributed by atoms with Gasteiger partial charge in [0.25, 0.3) is 5.56 Å². The van der Waals surface area contributed by atoms with E-state index in [-0.39, 0.29) is 27.8 Å². The number of hydrogen-bond acceptors (Lipinski definition) is 6. The molecule has 0 bridgehead atoms. The molecule has 3 rings (SSSR count). The summed E-state index contributed by atoms with van der Waals surface area (Å²) in [4.78, 5) is 28.4. The number of halogens is 3. The molecule has 6 nitrogen and oxygen atoms in total. The Morgan fingerprint density at radius 2 is 2.08 bits per heavy atom. The van der Waals surface area contributed by atoms with Crippen LogP contribution in [0.3, 0.4) is 0 Å². The SMILES string of the molecule is Cc1cc(=O)n2nc(COC(=O)c3cc(F)c(Cl)cc3Cl)sc2n1. The zero-order valence-corrected chi connectivity index (χ0v) is 14.4. The van der Waals surface area contributed by atoms with Crippen molar-refractivity contribution in [3.8, 4) is 0 Å². The highest BCUT2D eigenvalue weighted by Gasteiger charge is 2.17. The van der Waals surface area contributed by atoms with Crippen molar-refractivity contribution in [2.45, 2.75) is 13.5 Å². The highest BCUT2D eigenvalue weighted by molar-refractivity contribution is 7.16. The van der Waals surface area contributed by atoms with Crippen LogP contribution in [-0.2, 0) is 11.3 Å². The quantitative estimate of drug-likeness (QED) is 0.509. The third kappa shape index (κ3) is 3.26. The van der Waals surface area contributed by atoms with Crippen molar-refractivity contribution in [2.75, 3.05) is 0 Å². The van der Waals surface area contributed by atoms with E-state index in [0.29, 0.717) is 15.7 Å². The summed E-state index contributed by atoms with van der Waals surface area (Å²) in [7, 11) is 0. The third-order valence-corrected chi connectivity index (χ3v) is 4.46. The van der Waals surface area contributed by atoms with Crippen LogP contribution in [0.4, 0.5) is 4.39 Å². The van der Waals surface area contributed by atoms with Crippen molar-refractivity contribution in [1.29, 1.82) is 0 Å². The minimum absolute atomic E-state index is 0.0239. The minimum atomic E-state index is -0.827. The molecule has 0 aliphatic carbocycles. The molecule has 124 valence electrons. The molecule has 0 atom stereocenters. The summed E-state index contributed by atoms with van der Waals surface area (Å²) in [5.74, 6) is -1.61.